The summed E-state index contributed by atoms with van der Waals surface area (Å²) in [6.45, 7) is 3.92. The van der Waals surface area contributed by atoms with Crippen LogP contribution in [0.5, 0.6) is 0 Å². The fourth-order valence-corrected chi connectivity index (χ4v) is 3.36. The molecule has 1 aromatic rings. The highest BCUT2D eigenvalue weighted by Gasteiger charge is 2.40. The second kappa shape index (κ2) is 5.33. The molecule has 0 aliphatic carbocycles. The zero-order valence-corrected chi connectivity index (χ0v) is 11.5. The molecule has 2 atom stereocenters. The Morgan fingerprint density at radius 1 is 1.42 bits per heavy atom. The predicted octanol–water partition coefficient (Wildman–Crippen LogP) is 0.826. The van der Waals surface area contributed by atoms with Gasteiger partial charge in [-0.15, -0.1) is 0 Å². The van der Waals surface area contributed by atoms with Crippen LogP contribution in [0, 0.1) is 5.92 Å². The minimum Gasteiger partial charge on any atom is -0.341 e. The van der Waals surface area contributed by atoms with Gasteiger partial charge in [0.05, 0.1) is 0 Å². The predicted molar refractivity (Wildman–Crippen MR) is 72.6 cm³/mol. The van der Waals surface area contributed by atoms with E-state index in [1.54, 1.807) is 6.20 Å². The van der Waals surface area contributed by atoms with E-state index in [0.717, 1.165) is 26.1 Å². The third-order valence-electron chi connectivity index (χ3n) is 4.51. The average Bonchev–Trinajstić information content (AvgIpc) is 3.08. The number of carbonyl (C=O) groups excluding carboxylic acids is 1. The van der Waals surface area contributed by atoms with Crippen LogP contribution < -0.4 is 0 Å². The molecule has 1 aromatic heterocycles. The van der Waals surface area contributed by atoms with E-state index in [9.17, 15) is 4.79 Å². The van der Waals surface area contributed by atoms with Crippen molar-refractivity contribution in [3.63, 3.8) is 0 Å². The molecule has 19 heavy (non-hydrogen) atoms. The van der Waals surface area contributed by atoms with Crippen molar-refractivity contribution < 1.29 is 4.79 Å². The van der Waals surface area contributed by atoms with Gasteiger partial charge >= 0.3 is 0 Å². The van der Waals surface area contributed by atoms with E-state index in [-0.39, 0.29) is 0 Å². The fourth-order valence-electron chi connectivity index (χ4n) is 3.36. The maximum atomic E-state index is 12.2. The molecule has 3 rings (SSSR count). The SMILES string of the molecule is CN1CC[C@@H]2CN(C(=O)CCCn3cccn3)C[C@@H]21. The first-order valence-electron chi connectivity index (χ1n) is 7.19. The second-order valence-electron chi connectivity index (χ2n) is 5.77. The van der Waals surface area contributed by atoms with Crippen LogP contribution in [0.4, 0.5) is 0 Å². The number of likely N-dealkylation sites (tertiary alicyclic amines) is 2. The van der Waals surface area contributed by atoms with E-state index < -0.39 is 0 Å². The molecule has 1 amide bonds. The second-order valence-corrected chi connectivity index (χ2v) is 5.77. The Hall–Kier alpha value is -1.36. The summed E-state index contributed by atoms with van der Waals surface area (Å²) in [5, 5.41) is 4.15. The van der Waals surface area contributed by atoms with Gasteiger partial charge in [0.15, 0.2) is 0 Å². The van der Waals surface area contributed by atoms with E-state index in [4.69, 9.17) is 0 Å². The molecule has 5 nitrogen and oxygen atoms in total. The first-order chi connectivity index (χ1) is 9.24. The van der Waals surface area contributed by atoms with Crippen molar-refractivity contribution in [2.75, 3.05) is 26.7 Å². The molecule has 0 aromatic carbocycles. The lowest BCUT2D eigenvalue weighted by Crippen LogP contribution is -2.35. The van der Waals surface area contributed by atoms with Gasteiger partial charge in [-0.05, 0) is 38.4 Å². The van der Waals surface area contributed by atoms with E-state index in [1.165, 1.54) is 13.0 Å². The Balaban J connectivity index is 1.44. The topological polar surface area (TPSA) is 41.4 Å². The molecule has 3 heterocycles. The Morgan fingerprint density at radius 3 is 3.05 bits per heavy atom. The van der Waals surface area contributed by atoms with Crippen LogP contribution in [0.1, 0.15) is 19.3 Å². The van der Waals surface area contributed by atoms with E-state index in [2.05, 4.69) is 21.9 Å². The van der Waals surface area contributed by atoms with Gasteiger partial charge in [-0.3, -0.25) is 9.48 Å². The van der Waals surface area contributed by atoms with Gasteiger partial charge in [0.1, 0.15) is 0 Å². The highest BCUT2D eigenvalue weighted by Crippen LogP contribution is 2.30. The molecule has 2 aliphatic heterocycles. The number of nitrogens with zero attached hydrogens (tertiary/aromatic N) is 4. The highest BCUT2D eigenvalue weighted by atomic mass is 16.2. The van der Waals surface area contributed by atoms with Crippen molar-refractivity contribution in [1.29, 1.82) is 0 Å². The number of hydrogen-bond acceptors (Lipinski definition) is 3. The van der Waals surface area contributed by atoms with Gasteiger partial charge in [-0.1, -0.05) is 0 Å². The summed E-state index contributed by atoms with van der Waals surface area (Å²) in [5.74, 6) is 1.02. The van der Waals surface area contributed by atoms with Gasteiger partial charge in [0, 0.05) is 44.5 Å². The summed E-state index contributed by atoms with van der Waals surface area (Å²) < 4.78 is 1.89. The summed E-state index contributed by atoms with van der Waals surface area (Å²) in [6.07, 6.45) is 6.49. The molecule has 0 radical (unpaired) electrons. The summed E-state index contributed by atoms with van der Waals surface area (Å²) in [7, 11) is 2.18. The zero-order valence-electron chi connectivity index (χ0n) is 11.5. The molecule has 0 spiro atoms. The van der Waals surface area contributed by atoms with Gasteiger partial charge in [-0.25, -0.2) is 0 Å². The molecule has 2 fully saturated rings. The number of likely N-dealkylation sites (N-methyl/N-ethyl adjacent to an activating group) is 1. The van der Waals surface area contributed by atoms with Crippen molar-refractivity contribution in [2.45, 2.75) is 31.8 Å². The lowest BCUT2D eigenvalue weighted by molar-refractivity contribution is -0.130. The summed E-state index contributed by atoms with van der Waals surface area (Å²) in [4.78, 5) is 16.7. The Morgan fingerprint density at radius 2 is 2.32 bits per heavy atom. The number of carbonyl (C=O) groups is 1. The Labute approximate surface area is 114 Å². The minimum atomic E-state index is 0.315. The number of amides is 1. The van der Waals surface area contributed by atoms with E-state index in [0.29, 0.717) is 24.3 Å². The zero-order chi connectivity index (χ0) is 13.2. The molecule has 2 saturated heterocycles. The lowest BCUT2D eigenvalue weighted by atomic mass is 10.1. The van der Waals surface area contributed by atoms with Crippen LogP contribution >= 0.6 is 0 Å². The maximum absolute atomic E-state index is 12.2. The van der Waals surface area contributed by atoms with Crippen molar-refractivity contribution >= 4 is 5.91 Å². The van der Waals surface area contributed by atoms with Crippen LogP contribution in [0.2, 0.25) is 0 Å². The van der Waals surface area contributed by atoms with E-state index >= 15 is 0 Å². The standard InChI is InChI=1S/C14H22N4O/c1-16-9-5-12-10-17(11-13(12)16)14(19)4-2-7-18-8-3-6-15-18/h3,6,8,12-13H,2,4-5,7,9-11H2,1H3/t12-,13+/m1/s1. The number of fused-ring (bicyclic) bond motifs is 1. The van der Waals surface area contributed by atoms with E-state index in [1.807, 2.05) is 16.9 Å². The van der Waals surface area contributed by atoms with Gasteiger partial charge in [0.2, 0.25) is 5.91 Å². The summed E-state index contributed by atoms with van der Waals surface area (Å²) in [6, 6.07) is 2.52. The molecule has 104 valence electrons. The Kier molecular flexibility index (Phi) is 3.55. The number of hydrogen-bond donors (Lipinski definition) is 0. The third kappa shape index (κ3) is 2.66. The van der Waals surface area contributed by atoms with Crippen LogP contribution in [-0.4, -0.2) is 58.2 Å². The molecular weight excluding hydrogens is 240 g/mol. The third-order valence-corrected chi connectivity index (χ3v) is 4.51. The van der Waals surface area contributed by atoms with Crippen molar-refractivity contribution in [2.24, 2.45) is 5.92 Å². The van der Waals surface area contributed by atoms with Crippen LogP contribution in [0.25, 0.3) is 0 Å². The monoisotopic (exact) mass is 262 g/mol. The first kappa shape index (κ1) is 12.7. The normalized spacial score (nSPS) is 26.9. The number of rotatable bonds is 4. The highest BCUT2D eigenvalue weighted by molar-refractivity contribution is 5.76. The molecule has 0 bridgehead atoms. The maximum Gasteiger partial charge on any atom is 0.222 e. The minimum absolute atomic E-state index is 0.315. The van der Waals surface area contributed by atoms with Crippen molar-refractivity contribution in [3.8, 4) is 0 Å². The molecule has 2 aliphatic rings. The van der Waals surface area contributed by atoms with Crippen LogP contribution in [0.15, 0.2) is 18.5 Å². The van der Waals surface area contributed by atoms with Gasteiger partial charge in [0.25, 0.3) is 0 Å². The Bertz CT molecular complexity index is 431. The molecule has 5 heteroatoms. The average molecular weight is 262 g/mol. The molecule has 0 unspecified atom stereocenters. The summed E-state index contributed by atoms with van der Waals surface area (Å²) in [5.41, 5.74) is 0. The van der Waals surface area contributed by atoms with Gasteiger partial charge < -0.3 is 9.80 Å². The summed E-state index contributed by atoms with van der Waals surface area (Å²) >= 11 is 0. The number of aryl methyl sites for hydroxylation is 1. The van der Waals surface area contributed by atoms with Crippen molar-refractivity contribution in [1.82, 2.24) is 19.6 Å². The molecule has 0 saturated carbocycles. The quantitative estimate of drug-likeness (QED) is 0.807. The van der Waals surface area contributed by atoms with Gasteiger partial charge in [-0.2, -0.15) is 5.10 Å². The smallest absolute Gasteiger partial charge is 0.222 e. The largest absolute Gasteiger partial charge is 0.341 e. The first-order valence-corrected chi connectivity index (χ1v) is 7.19. The van der Waals surface area contributed by atoms with Crippen LogP contribution in [0.3, 0.4) is 0 Å². The molecular formula is C14H22N4O. The molecule has 0 N–H and O–H groups in total. The lowest BCUT2D eigenvalue weighted by Gasteiger charge is -2.20. The fraction of sp³-hybridized carbons (Fsp3) is 0.714. The van der Waals surface area contributed by atoms with Crippen molar-refractivity contribution in [3.05, 3.63) is 18.5 Å². The van der Waals surface area contributed by atoms with Crippen LogP contribution in [-0.2, 0) is 11.3 Å². The number of aromatic nitrogens is 2.